The van der Waals surface area contributed by atoms with Crippen molar-refractivity contribution in [2.75, 3.05) is 0 Å². The third-order valence-corrected chi connectivity index (χ3v) is 3.69. The Kier molecular flexibility index (Phi) is 4.15. The van der Waals surface area contributed by atoms with Crippen molar-refractivity contribution in [1.29, 1.82) is 0 Å². The van der Waals surface area contributed by atoms with E-state index in [1.807, 2.05) is 36.4 Å². The molecule has 1 aromatic heterocycles. The topological polar surface area (TPSA) is 54.0 Å². The highest BCUT2D eigenvalue weighted by atomic mass is 16.2. The quantitative estimate of drug-likeness (QED) is 0.885. The standard InChI is InChI=1S/C17H19N3O/c21-17(19-12-15-8-4-5-11-18-15)20-16(14-9-10-14)13-6-2-1-3-7-13/h1-8,11,14,16H,9-10,12H2,(H2,19,20,21)/t16-/m0/s1. The van der Waals surface area contributed by atoms with Crippen molar-refractivity contribution >= 4 is 6.03 Å². The fraction of sp³-hybridized carbons (Fsp3) is 0.294. The molecule has 4 heteroatoms. The molecule has 0 spiro atoms. The number of amides is 2. The lowest BCUT2D eigenvalue weighted by Crippen LogP contribution is -2.38. The molecule has 2 amide bonds. The molecule has 0 unspecified atom stereocenters. The molecule has 1 atom stereocenters. The predicted octanol–water partition coefficient (Wildman–Crippen LogP) is 3.03. The van der Waals surface area contributed by atoms with Gasteiger partial charge in [0.2, 0.25) is 0 Å². The van der Waals surface area contributed by atoms with Gasteiger partial charge < -0.3 is 10.6 Å². The summed E-state index contributed by atoms with van der Waals surface area (Å²) in [6.45, 7) is 0.443. The second-order valence-electron chi connectivity index (χ2n) is 5.37. The lowest BCUT2D eigenvalue weighted by atomic mass is 10.0. The van der Waals surface area contributed by atoms with Gasteiger partial charge in [0.1, 0.15) is 0 Å². The minimum absolute atomic E-state index is 0.106. The maximum absolute atomic E-state index is 12.1. The van der Waals surface area contributed by atoms with E-state index in [9.17, 15) is 4.79 Å². The number of pyridine rings is 1. The zero-order valence-corrected chi connectivity index (χ0v) is 11.8. The van der Waals surface area contributed by atoms with Crippen LogP contribution in [0.25, 0.3) is 0 Å². The number of aromatic nitrogens is 1. The van der Waals surface area contributed by atoms with Crippen molar-refractivity contribution in [3.63, 3.8) is 0 Å². The second-order valence-corrected chi connectivity index (χ2v) is 5.37. The van der Waals surface area contributed by atoms with Crippen molar-refractivity contribution in [3.8, 4) is 0 Å². The van der Waals surface area contributed by atoms with Crippen LogP contribution in [-0.4, -0.2) is 11.0 Å². The highest BCUT2D eigenvalue weighted by Gasteiger charge is 2.33. The van der Waals surface area contributed by atoms with Gasteiger partial charge in [0.05, 0.1) is 18.3 Å². The number of rotatable bonds is 5. The first-order valence-corrected chi connectivity index (χ1v) is 7.32. The third-order valence-electron chi connectivity index (χ3n) is 3.69. The maximum Gasteiger partial charge on any atom is 0.315 e. The molecule has 1 saturated carbocycles. The van der Waals surface area contributed by atoms with Gasteiger partial charge in [-0.05, 0) is 36.5 Å². The maximum atomic E-state index is 12.1. The van der Waals surface area contributed by atoms with Crippen LogP contribution in [-0.2, 0) is 6.54 Å². The van der Waals surface area contributed by atoms with E-state index in [1.165, 1.54) is 18.4 Å². The van der Waals surface area contributed by atoms with Gasteiger partial charge in [-0.25, -0.2) is 4.79 Å². The van der Waals surface area contributed by atoms with Gasteiger partial charge in [0.25, 0.3) is 0 Å². The minimum atomic E-state index is -0.138. The summed E-state index contributed by atoms with van der Waals surface area (Å²) in [5, 5.41) is 5.96. The summed E-state index contributed by atoms with van der Waals surface area (Å²) in [5.41, 5.74) is 2.03. The van der Waals surface area contributed by atoms with Gasteiger partial charge in [-0.3, -0.25) is 4.98 Å². The lowest BCUT2D eigenvalue weighted by molar-refractivity contribution is 0.235. The van der Waals surface area contributed by atoms with Crippen LogP contribution in [0.5, 0.6) is 0 Å². The molecule has 21 heavy (non-hydrogen) atoms. The number of hydrogen-bond donors (Lipinski definition) is 2. The highest BCUT2D eigenvalue weighted by molar-refractivity contribution is 5.74. The summed E-state index contributed by atoms with van der Waals surface area (Å²) in [5.74, 6) is 0.563. The average Bonchev–Trinajstić information content (AvgIpc) is 3.37. The molecule has 1 aromatic carbocycles. The van der Waals surface area contributed by atoms with Crippen LogP contribution in [0.4, 0.5) is 4.79 Å². The van der Waals surface area contributed by atoms with E-state index in [0.717, 1.165) is 5.69 Å². The van der Waals surface area contributed by atoms with Crippen molar-refractivity contribution in [2.45, 2.75) is 25.4 Å². The van der Waals surface area contributed by atoms with Crippen LogP contribution in [0.2, 0.25) is 0 Å². The molecule has 4 nitrogen and oxygen atoms in total. The first-order chi connectivity index (χ1) is 10.3. The monoisotopic (exact) mass is 281 g/mol. The minimum Gasteiger partial charge on any atom is -0.332 e. The Morgan fingerprint density at radius 2 is 1.90 bits per heavy atom. The Hall–Kier alpha value is -2.36. The Labute approximate surface area is 124 Å². The van der Waals surface area contributed by atoms with Gasteiger partial charge in [-0.15, -0.1) is 0 Å². The molecule has 0 radical (unpaired) electrons. The van der Waals surface area contributed by atoms with Crippen molar-refractivity contribution < 1.29 is 4.79 Å². The van der Waals surface area contributed by atoms with Crippen LogP contribution < -0.4 is 10.6 Å². The van der Waals surface area contributed by atoms with E-state index in [4.69, 9.17) is 0 Å². The fourth-order valence-electron chi connectivity index (χ4n) is 2.43. The van der Waals surface area contributed by atoms with Gasteiger partial charge in [0.15, 0.2) is 0 Å². The van der Waals surface area contributed by atoms with Crippen molar-refractivity contribution in [2.24, 2.45) is 5.92 Å². The van der Waals surface area contributed by atoms with Crippen molar-refractivity contribution in [1.82, 2.24) is 15.6 Å². The SMILES string of the molecule is O=C(NCc1ccccn1)N[C@@H](c1ccccc1)C1CC1. The average molecular weight is 281 g/mol. The normalized spacial score (nSPS) is 15.2. The molecular weight excluding hydrogens is 262 g/mol. The first kappa shape index (κ1) is 13.6. The molecule has 1 heterocycles. The van der Waals surface area contributed by atoms with Gasteiger partial charge >= 0.3 is 6.03 Å². The van der Waals surface area contributed by atoms with E-state index in [1.54, 1.807) is 6.20 Å². The summed E-state index contributed by atoms with van der Waals surface area (Å²) in [7, 11) is 0. The van der Waals surface area contributed by atoms with Crippen LogP contribution in [0.3, 0.4) is 0 Å². The first-order valence-electron chi connectivity index (χ1n) is 7.32. The zero-order valence-electron chi connectivity index (χ0n) is 11.8. The number of urea groups is 1. The van der Waals surface area contributed by atoms with E-state index >= 15 is 0 Å². The van der Waals surface area contributed by atoms with Gasteiger partial charge in [-0.2, -0.15) is 0 Å². The lowest BCUT2D eigenvalue weighted by Gasteiger charge is -2.19. The Balaban J connectivity index is 1.57. The summed E-state index contributed by atoms with van der Waals surface area (Å²) in [6, 6.07) is 15.8. The molecule has 1 fully saturated rings. The molecule has 108 valence electrons. The van der Waals surface area contributed by atoms with E-state index in [0.29, 0.717) is 12.5 Å². The van der Waals surface area contributed by atoms with Crippen LogP contribution in [0.1, 0.15) is 30.1 Å². The van der Waals surface area contributed by atoms with Crippen LogP contribution in [0, 0.1) is 5.92 Å². The summed E-state index contributed by atoms with van der Waals surface area (Å²) in [4.78, 5) is 16.3. The third kappa shape index (κ3) is 3.81. The summed E-state index contributed by atoms with van der Waals surface area (Å²) < 4.78 is 0. The van der Waals surface area contributed by atoms with Crippen LogP contribution in [0.15, 0.2) is 54.7 Å². The molecule has 3 rings (SSSR count). The highest BCUT2D eigenvalue weighted by Crippen LogP contribution is 2.40. The number of carbonyl (C=O) groups excluding carboxylic acids is 1. The molecule has 0 saturated heterocycles. The van der Waals surface area contributed by atoms with E-state index in [-0.39, 0.29) is 12.1 Å². The number of nitrogens with zero attached hydrogens (tertiary/aromatic N) is 1. The van der Waals surface area contributed by atoms with Crippen molar-refractivity contribution in [3.05, 3.63) is 66.0 Å². The second kappa shape index (κ2) is 6.39. The molecule has 2 N–H and O–H groups in total. The Morgan fingerprint density at radius 3 is 2.57 bits per heavy atom. The number of hydrogen-bond acceptors (Lipinski definition) is 2. The van der Waals surface area contributed by atoms with Gasteiger partial charge in [0, 0.05) is 6.20 Å². The fourth-order valence-corrected chi connectivity index (χ4v) is 2.43. The number of carbonyl (C=O) groups is 1. The molecule has 1 aliphatic carbocycles. The van der Waals surface area contributed by atoms with E-state index < -0.39 is 0 Å². The molecule has 1 aliphatic rings. The molecule has 2 aromatic rings. The predicted molar refractivity (Wildman–Crippen MR) is 81.5 cm³/mol. The van der Waals surface area contributed by atoms with E-state index in [2.05, 4.69) is 27.8 Å². The molecular formula is C17H19N3O. The summed E-state index contributed by atoms with van der Waals surface area (Å²) >= 11 is 0. The van der Waals surface area contributed by atoms with Crippen LogP contribution >= 0.6 is 0 Å². The number of benzene rings is 1. The smallest absolute Gasteiger partial charge is 0.315 e. The Morgan fingerprint density at radius 1 is 1.14 bits per heavy atom. The zero-order chi connectivity index (χ0) is 14.5. The molecule has 0 bridgehead atoms. The summed E-state index contributed by atoms with van der Waals surface area (Å²) in [6.07, 6.45) is 4.09. The largest absolute Gasteiger partial charge is 0.332 e. The number of nitrogens with one attached hydrogen (secondary N) is 2. The van der Waals surface area contributed by atoms with Gasteiger partial charge in [-0.1, -0.05) is 36.4 Å². The molecule has 0 aliphatic heterocycles. The Bertz CT molecular complexity index is 581.